The van der Waals surface area contributed by atoms with Crippen molar-refractivity contribution in [2.45, 2.75) is 70.6 Å². The van der Waals surface area contributed by atoms with Crippen molar-refractivity contribution in [3.63, 3.8) is 0 Å². The maximum atomic E-state index is 3.56. The van der Waals surface area contributed by atoms with Crippen molar-refractivity contribution in [3.05, 3.63) is 58.7 Å². The summed E-state index contributed by atoms with van der Waals surface area (Å²) in [7, 11) is 0. The van der Waals surface area contributed by atoms with Gasteiger partial charge < -0.3 is 0 Å². The molecule has 1 aliphatic rings. The summed E-state index contributed by atoms with van der Waals surface area (Å²) in [5.74, 6) is 0. The molecule has 0 spiro atoms. The summed E-state index contributed by atoms with van der Waals surface area (Å²) in [5.41, 5.74) is 9.43. The number of fused-ring (bicyclic) bond motifs is 3. The molecule has 3 rings (SSSR count). The fourth-order valence-corrected chi connectivity index (χ4v) is 5.18. The Bertz CT molecular complexity index is 720. The minimum Gasteiger partial charge on any atom is -0.0928 e. The van der Waals surface area contributed by atoms with Crippen molar-refractivity contribution in [1.29, 1.82) is 0 Å². The van der Waals surface area contributed by atoms with Gasteiger partial charge in [0, 0.05) is 10.7 Å². The van der Waals surface area contributed by atoms with E-state index in [1.54, 1.807) is 16.7 Å². The van der Waals surface area contributed by atoms with Gasteiger partial charge in [-0.3, -0.25) is 0 Å². The predicted molar refractivity (Wildman–Crippen MR) is 127 cm³/mol. The molecule has 0 bridgehead atoms. The summed E-state index contributed by atoms with van der Waals surface area (Å²) in [6.45, 7) is 0. The Morgan fingerprint density at radius 1 is 0.630 bits per heavy atom. The highest BCUT2D eigenvalue weighted by Gasteiger charge is 2.22. The molecule has 0 unspecified atom stereocenters. The molecule has 0 nitrogen and oxygen atoms in total. The molecule has 0 amide bonds. The van der Waals surface area contributed by atoms with Crippen LogP contribution in [0.1, 0.15) is 73.6 Å². The molecule has 2 heteroatoms. The third kappa shape index (κ3) is 5.70. The Balaban J connectivity index is 1.73. The second-order valence-electron chi connectivity index (χ2n) is 7.77. The van der Waals surface area contributed by atoms with Gasteiger partial charge in [-0.25, -0.2) is 0 Å². The van der Waals surface area contributed by atoms with Gasteiger partial charge in [0.25, 0.3) is 0 Å². The van der Waals surface area contributed by atoms with E-state index in [4.69, 9.17) is 0 Å². The van der Waals surface area contributed by atoms with Crippen LogP contribution in [0.2, 0.25) is 0 Å². The lowest BCUT2D eigenvalue weighted by atomic mass is 9.90. The summed E-state index contributed by atoms with van der Waals surface area (Å²) in [6, 6.07) is 13.8. The first-order valence-electron chi connectivity index (χ1n) is 10.7. The number of unbranched alkanes of at least 4 members (excludes halogenated alkanes) is 6. The monoisotopic (exact) mass is 490 g/mol. The molecule has 0 saturated heterocycles. The molecule has 1 aliphatic carbocycles. The van der Waals surface area contributed by atoms with Gasteiger partial charge in [0.15, 0.2) is 0 Å². The van der Waals surface area contributed by atoms with Crippen molar-refractivity contribution in [2.75, 3.05) is 10.7 Å². The van der Waals surface area contributed by atoms with E-state index in [9.17, 15) is 0 Å². The molecular weight excluding hydrogens is 460 g/mol. The second-order valence-corrected chi connectivity index (χ2v) is 9.36. The van der Waals surface area contributed by atoms with Crippen LogP contribution in [0.15, 0.2) is 36.4 Å². The average molecular weight is 492 g/mol. The van der Waals surface area contributed by atoms with Gasteiger partial charge in [-0.15, -0.1) is 0 Å². The zero-order valence-corrected chi connectivity index (χ0v) is 19.6. The Labute approximate surface area is 182 Å². The van der Waals surface area contributed by atoms with Crippen LogP contribution in [0.25, 0.3) is 11.1 Å². The number of hydrogen-bond donors (Lipinski definition) is 0. The highest BCUT2D eigenvalue weighted by atomic mass is 79.9. The van der Waals surface area contributed by atoms with Gasteiger partial charge in [0.1, 0.15) is 0 Å². The Morgan fingerprint density at radius 2 is 1.30 bits per heavy atom. The van der Waals surface area contributed by atoms with Crippen LogP contribution in [-0.2, 0) is 19.3 Å². The van der Waals surface area contributed by atoms with E-state index in [2.05, 4.69) is 68.3 Å². The molecule has 2 aromatic rings. The number of alkyl halides is 2. The van der Waals surface area contributed by atoms with Crippen LogP contribution in [0.5, 0.6) is 0 Å². The molecule has 27 heavy (non-hydrogen) atoms. The van der Waals surface area contributed by atoms with E-state index < -0.39 is 0 Å². The number of halogens is 2. The molecule has 0 saturated carbocycles. The molecule has 2 aromatic carbocycles. The van der Waals surface area contributed by atoms with E-state index in [1.165, 1.54) is 80.9 Å². The van der Waals surface area contributed by atoms with Gasteiger partial charge in [-0.1, -0.05) is 93.9 Å². The van der Waals surface area contributed by atoms with Crippen LogP contribution in [0.3, 0.4) is 0 Å². The Hall–Kier alpha value is -0.600. The van der Waals surface area contributed by atoms with Gasteiger partial charge >= 0.3 is 0 Å². The molecule has 0 aromatic heterocycles. The highest BCUT2D eigenvalue weighted by Crippen LogP contribution is 2.40. The number of aryl methyl sites for hydroxylation is 1. The van der Waals surface area contributed by atoms with Gasteiger partial charge in [-0.2, -0.15) is 0 Å². The maximum Gasteiger partial charge on any atom is 0.00313 e. The van der Waals surface area contributed by atoms with Crippen LogP contribution in [-0.4, -0.2) is 10.7 Å². The standard InChI is InChI=1S/C25H32Br2/c26-17-9-3-1-5-11-20-15-16-24-23-14-8-7-12-21(23)19-25(24)22(20)13-6-2-4-10-18-27/h7-8,12,14-16H,1-6,9-11,13,17-19H2. The fourth-order valence-electron chi connectivity index (χ4n) is 4.38. The van der Waals surface area contributed by atoms with Crippen molar-refractivity contribution in [2.24, 2.45) is 0 Å². The largest absolute Gasteiger partial charge is 0.0928 e. The van der Waals surface area contributed by atoms with Gasteiger partial charge in [-0.05, 0) is 78.3 Å². The van der Waals surface area contributed by atoms with Crippen molar-refractivity contribution >= 4 is 31.9 Å². The lowest BCUT2D eigenvalue weighted by Gasteiger charge is -2.15. The molecule has 0 N–H and O–H groups in total. The lowest BCUT2D eigenvalue weighted by molar-refractivity contribution is 0.653. The third-order valence-corrected chi connectivity index (χ3v) is 6.96. The zero-order valence-electron chi connectivity index (χ0n) is 16.4. The summed E-state index contributed by atoms with van der Waals surface area (Å²) < 4.78 is 0. The Morgan fingerprint density at radius 3 is 2.04 bits per heavy atom. The lowest BCUT2D eigenvalue weighted by Crippen LogP contribution is -2.01. The smallest absolute Gasteiger partial charge is 0.00313 e. The zero-order chi connectivity index (χ0) is 18.9. The summed E-state index contributed by atoms with van der Waals surface area (Å²) >= 11 is 7.11. The predicted octanol–water partition coefficient (Wildman–Crippen LogP) is 8.25. The fraction of sp³-hybridized carbons (Fsp3) is 0.520. The maximum absolute atomic E-state index is 3.56. The molecule has 0 heterocycles. The average Bonchev–Trinajstić information content (AvgIpc) is 3.07. The number of rotatable bonds is 12. The molecule has 146 valence electrons. The van der Waals surface area contributed by atoms with Crippen LogP contribution >= 0.6 is 31.9 Å². The normalized spacial score (nSPS) is 12.2. The summed E-state index contributed by atoms with van der Waals surface area (Å²) in [4.78, 5) is 0. The minimum atomic E-state index is 1.14. The van der Waals surface area contributed by atoms with Crippen molar-refractivity contribution in [3.8, 4) is 11.1 Å². The van der Waals surface area contributed by atoms with Gasteiger partial charge in [0.2, 0.25) is 0 Å². The SMILES string of the molecule is BrCCCCCCc1ccc2c(c1CCCCCCBr)Cc1ccccc1-2. The topological polar surface area (TPSA) is 0 Å². The van der Waals surface area contributed by atoms with Gasteiger partial charge in [0.05, 0.1) is 0 Å². The first-order valence-corrected chi connectivity index (χ1v) is 12.9. The van der Waals surface area contributed by atoms with Crippen LogP contribution in [0, 0.1) is 0 Å². The second kappa shape index (κ2) is 11.4. The first kappa shape index (κ1) is 21.1. The van der Waals surface area contributed by atoms with E-state index >= 15 is 0 Å². The molecular formula is C25H32Br2. The first-order chi connectivity index (χ1) is 13.3. The van der Waals surface area contributed by atoms with Crippen molar-refractivity contribution < 1.29 is 0 Å². The van der Waals surface area contributed by atoms with E-state index in [1.807, 2.05) is 0 Å². The summed E-state index contributed by atoms with van der Waals surface area (Å²) in [6.07, 6.45) is 14.3. The molecule has 0 aliphatic heterocycles. The minimum absolute atomic E-state index is 1.14. The van der Waals surface area contributed by atoms with E-state index in [0.29, 0.717) is 0 Å². The van der Waals surface area contributed by atoms with Crippen molar-refractivity contribution in [1.82, 2.24) is 0 Å². The van der Waals surface area contributed by atoms with E-state index in [0.717, 1.165) is 17.1 Å². The number of benzene rings is 2. The van der Waals surface area contributed by atoms with E-state index in [-0.39, 0.29) is 0 Å². The molecule has 0 atom stereocenters. The number of hydrogen-bond acceptors (Lipinski definition) is 0. The molecule has 0 radical (unpaired) electrons. The van der Waals surface area contributed by atoms with Crippen LogP contribution < -0.4 is 0 Å². The third-order valence-electron chi connectivity index (χ3n) is 5.84. The Kier molecular flexibility index (Phi) is 8.93. The summed E-state index contributed by atoms with van der Waals surface area (Å²) in [5, 5.41) is 2.28. The van der Waals surface area contributed by atoms with Crippen LogP contribution in [0.4, 0.5) is 0 Å². The quantitative estimate of drug-likeness (QED) is 0.176. The molecule has 0 fully saturated rings. The highest BCUT2D eigenvalue weighted by molar-refractivity contribution is 9.09.